The number of benzene rings is 1. The van der Waals surface area contributed by atoms with Gasteiger partial charge in [-0.15, -0.1) is 0 Å². The standard InChI is InChI=1S/C18H20FN3O3S/c19-13-3-5-17-15(9-13)16(7-8-25-17)22-18-6-4-14(11-20-18)26(23,24)21-10-12-1-2-12/h3-6,9,11-12,16,21H,1-2,7-8,10H2,(H,20,22). The molecule has 0 bridgehead atoms. The van der Waals surface area contributed by atoms with Crippen LogP contribution in [0.15, 0.2) is 41.4 Å². The first-order valence-corrected chi connectivity index (χ1v) is 10.1. The molecule has 1 aromatic heterocycles. The van der Waals surface area contributed by atoms with Crippen molar-refractivity contribution in [2.24, 2.45) is 5.92 Å². The van der Waals surface area contributed by atoms with Gasteiger partial charge in [-0.25, -0.2) is 22.5 Å². The maximum atomic E-state index is 13.6. The van der Waals surface area contributed by atoms with Crippen LogP contribution in [0, 0.1) is 11.7 Å². The second-order valence-corrected chi connectivity index (χ2v) is 8.46. The second kappa shape index (κ2) is 6.85. The normalized spacial score (nSPS) is 19.5. The Kier molecular flexibility index (Phi) is 4.54. The molecule has 138 valence electrons. The molecule has 2 heterocycles. The third-order valence-electron chi connectivity index (χ3n) is 4.64. The zero-order valence-electron chi connectivity index (χ0n) is 14.1. The molecule has 0 radical (unpaired) electrons. The van der Waals surface area contributed by atoms with Crippen molar-refractivity contribution in [3.05, 3.63) is 47.9 Å². The van der Waals surface area contributed by atoms with E-state index >= 15 is 0 Å². The van der Waals surface area contributed by atoms with E-state index in [9.17, 15) is 12.8 Å². The van der Waals surface area contributed by atoms with Crippen LogP contribution in [0.5, 0.6) is 5.75 Å². The van der Waals surface area contributed by atoms with E-state index in [-0.39, 0.29) is 16.8 Å². The van der Waals surface area contributed by atoms with Gasteiger partial charge in [-0.2, -0.15) is 0 Å². The molecule has 0 amide bonds. The number of ether oxygens (including phenoxy) is 1. The van der Waals surface area contributed by atoms with Crippen LogP contribution < -0.4 is 14.8 Å². The Morgan fingerprint density at radius 2 is 2.04 bits per heavy atom. The summed E-state index contributed by atoms with van der Waals surface area (Å²) in [7, 11) is -3.53. The lowest BCUT2D eigenvalue weighted by Crippen LogP contribution is -2.26. The molecular weight excluding hydrogens is 357 g/mol. The van der Waals surface area contributed by atoms with E-state index in [4.69, 9.17) is 4.74 Å². The molecule has 1 saturated carbocycles. The molecule has 1 aromatic carbocycles. The molecule has 1 atom stereocenters. The lowest BCUT2D eigenvalue weighted by Gasteiger charge is -2.27. The molecule has 0 saturated heterocycles. The molecule has 0 spiro atoms. The number of anilines is 1. The molecule has 6 nitrogen and oxygen atoms in total. The van der Waals surface area contributed by atoms with Crippen molar-refractivity contribution in [1.29, 1.82) is 0 Å². The van der Waals surface area contributed by atoms with Crippen LogP contribution in [-0.4, -0.2) is 26.6 Å². The Balaban J connectivity index is 1.47. The Morgan fingerprint density at radius 3 is 2.77 bits per heavy atom. The molecule has 8 heteroatoms. The smallest absolute Gasteiger partial charge is 0.242 e. The highest BCUT2D eigenvalue weighted by molar-refractivity contribution is 7.89. The predicted octanol–water partition coefficient (Wildman–Crippen LogP) is 2.84. The summed E-state index contributed by atoms with van der Waals surface area (Å²) in [5.74, 6) is 1.33. The van der Waals surface area contributed by atoms with Gasteiger partial charge >= 0.3 is 0 Å². The van der Waals surface area contributed by atoms with E-state index < -0.39 is 10.0 Å². The van der Waals surface area contributed by atoms with Crippen LogP contribution >= 0.6 is 0 Å². The third-order valence-corrected chi connectivity index (χ3v) is 6.05. The summed E-state index contributed by atoms with van der Waals surface area (Å²) < 4.78 is 46.2. The van der Waals surface area contributed by atoms with Crippen molar-refractivity contribution in [2.45, 2.75) is 30.2 Å². The number of aromatic nitrogens is 1. The number of hydrogen-bond donors (Lipinski definition) is 2. The van der Waals surface area contributed by atoms with Gasteiger partial charge in [-0.05, 0) is 49.1 Å². The summed E-state index contributed by atoms with van der Waals surface area (Å²) in [6, 6.07) is 7.45. The fourth-order valence-corrected chi connectivity index (χ4v) is 4.01. The number of sulfonamides is 1. The van der Waals surface area contributed by atoms with E-state index in [1.807, 2.05) is 0 Å². The van der Waals surface area contributed by atoms with Gasteiger partial charge in [0.05, 0.1) is 12.6 Å². The van der Waals surface area contributed by atoms with E-state index in [1.54, 1.807) is 12.1 Å². The van der Waals surface area contributed by atoms with Crippen molar-refractivity contribution in [2.75, 3.05) is 18.5 Å². The SMILES string of the molecule is O=S(=O)(NCC1CC1)c1ccc(NC2CCOc3ccc(F)cc32)nc1. The van der Waals surface area contributed by atoms with Crippen molar-refractivity contribution in [1.82, 2.24) is 9.71 Å². The molecule has 4 rings (SSSR count). The first kappa shape index (κ1) is 17.2. The van der Waals surface area contributed by atoms with Gasteiger partial charge in [0.25, 0.3) is 0 Å². The molecule has 1 aliphatic heterocycles. The zero-order chi connectivity index (χ0) is 18.1. The Hall–Kier alpha value is -2.19. The monoisotopic (exact) mass is 377 g/mol. The highest BCUT2D eigenvalue weighted by atomic mass is 32.2. The van der Waals surface area contributed by atoms with Crippen molar-refractivity contribution < 1.29 is 17.5 Å². The summed E-state index contributed by atoms with van der Waals surface area (Å²) in [4.78, 5) is 4.35. The summed E-state index contributed by atoms with van der Waals surface area (Å²) >= 11 is 0. The van der Waals surface area contributed by atoms with Crippen LogP contribution in [0.2, 0.25) is 0 Å². The molecular formula is C18H20FN3O3S. The summed E-state index contributed by atoms with van der Waals surface area (Å²) in [5, 5.41) is 3.23. The lowest BCUT2D eigenvalue weighted by molar-refractivity contribution is 0.273. The average molecular weight is 377 g/mol. The van der Waals surface area contributed by atoms with Gasteiger partial charge in [0, 0.05) is 24.7 Å². The molecule has 2 N–H and O–H groups in total. The van der Waals surface area contributed by atoms with E-state index in [0.29, 0.717) is 37.1 Å². The van der Waals surface area contributed by atoms with Gasteiger partial charge in [-0.3, -0.25) is 0 Å². The number of hydrogen-bond acceptors (Lipinski definition) is 5. The first-order valence-electron chi connectivity index (χ1n) is 8.66. The van der Waals surface area contributed by atoms with Gasteiger partial charge in [0.2, 0.25) is 10.0 Å². The van der Waals surface area contributed by atoms with Crippen molar-refractivity contribution >= 4 is 15.8 Å². The average Bonchev–Trinajstić information content (AvgIpc) is 3.46. The Morgan fingerprint density at radius 1 is 1.19 bits per heavy atom. The Bertz CT molecular complexity index is 898. The number of fused-ring (bicyclic) bond motifs is 1. The molecule has 1 unspecified atom stereocenters. The summed E-state index contributed by atoms with van der Waals surface area (Å²) in [6.07, 6.45) is 4.16. The minimum atomic E-state index is -3.53. The maximum absolute atomic E-state index is 13.6. The molecule has 2 aliphatic rings. The number of rotatable bonds is 6. The molecule has 1 fully saturated rings. The van der Waals surface area contributed by atoms with Gasteiger partial charge < -0.3 is 10.1 Å². The molecule has 2 aromatic rings. The van der Waals surface area contributed by atoms with E-state index in [1.165, 1.54) is 24.4 Å². The number of halogens is 1. The lowest BCUT2D eigenvalue weighted by atomic mass is 10.0. The number of nitrogens with one attached hydrogen (secondary N) is 2. The predicted molar refractivity (Wildman–Crippen MR) is 95.0 cm³/mol. The Labute approximate surface area is 151 Å². The van der Waals surface area contributed by atoms with E-state index in [2.05, 4.69) is 15.0 Å². The second-order valence-electron chi connectivity index (χ2n) is 6.69. The van der Waals surface area contributed by atoms with Crippen LogP contribution in [-0.2, 0) is 10.0 Å². The molecule has 26 heavy (non-hydrogen) atoms. The number of pyridine rings is 1. The van der Waals surface area contributed by atoms with Crippen molar-refractivity contribution in [3.8, 4) is 5.75 Å². The van der Waals surface area contributed by atoms with Gasteiger partial charge in [0.15, 0.2) is 0 Å². The van der Waals surface area contributed by atoms with Crippen LogP contribution in [0.3, 0.4) is 0 Å². The van der Waals surface area contributed by atoms with Crippen LogP contribution in [0.1, 0.15) is 30.9 Å². The fraction of sp³-hybridized carbons (Fsp3) is 0.389. The topological polar surface area (TPSA) is 80.3 Å². The zero-order valence-corrected chi connectivity index (χ0v) is 14.9. The largest absolute Gasteiger partial charge is 0.493 e. The third kappa shape index (κ3) is 3.81. The van der Waals surface area contributed by atoms with E-state index in [0.717, 1.165) is 18.4 Å². The highest BCUT2D eigenvalue weighted by Gasteiger charge is 2.25. The minimum absolute atomic E-state index is 0.141. The quantitative estimate of drug-likeness (QED) is 0.809. The minimum Gasteiger partial charge on any atom is -0.493 e. The number of nitrogens with zero attached hydrogens (tertiary/aromatic N) is 1. The maximum Gasteiger partial charge on any atom is 0.242 e. The summed E-state index contributed by atoms with van der Waals surface area (Å²) in [5.41, 5.74) is 0.737. The molecule has 1 aliphatic carbocycles. The van der Waals surface area contributed by atoms with Crippen molar-refractivity contribution in [3.63, 3.8) is 0 Å². The van der Waals surface area contributed by atoms with Gasteiger partial charge in [0.1, 0.15) is 22.3 Å². The first-order chi connectivity index (χ1) is 12.5. The fourth-order valence-electron chi connectivity index (χ4n) is 2.95. The highest BCUT2D eigenvalue weighted by Crippen LogP contribution is 2.34. The van der Waals surface area contributed by atoms with Crippen LogP contribution in [0.4, 0.5) is 10.2 Å². The van der Waals surface area contributed by atoms with Gasteiger partial charge in [-0.1, -0.05) is 0 Å². The van der Waals surface area contributed by atoms with Crippen LogP contribution in [0.25, 0.3) is 0 Å². The summed E-state index contributed by atoms with van der Waals surface area (Å²) in [6.45, 7) is 1.00.